The maximum Gasteiger partial charge on any atom is 0.307 e. The Hall–Kier alpha value is -2.91. The maximum atomic E-state index is 13.9. The van der Waals surface area contributed by atoms with Crippen LogP contribution in [0.15, 0.2) is 36.4 Å². The van der Waals surface area contributed by atoms with E-state index in [9.17, 15) is 14.0 Å². The van der Waals surface area contributed by atoms with E-state index in [0.29, 0.717) is 35.6 Å². The Morgan fingerprint density at radius 2 is 2.02 bits per heavy atom. The van der Waals surface area contributed by atoms with E-state index in [1.165, 1.54) is 36.7 Å². The number of amides is 1. The number of anilines is 2. The molecule has 40 heavy (non-hydrogen) atoms. The normalized spacial score (nSPS) is 16.9. The van der Waals surface area contributed by atoms with Gasteiger partial charge < -0.3 is 20.3 Å². The van der Waals surface area contributed by atoms with Gasteiger partial charge in [-0.05, 0) is 67.6 Å². The molecule has 0 bridgehead atoms. The van der Waals surface area contributed by atoms with Gasteiger partial charge in [0.15, 0.2) is 5.13 Å². The molecular weight excluding hydrogens is 551 g/mol. The molecule has 2 N–H and O–H groups in total. The van der Waals surface area contributed by atoms with Crippen molar-refractivity contribution in [1.82, 2.24) is 10.3 Å². The van der Waals surface area contributed by atoms with E-state index in [-0.39, 0.29) is 30.7 Å². The number of hydrogen-bond donors (Lipinski definition) is 2. The van der Waals surface area contributed by atoms with Crippen molar-refractivity contribution in [3.8, 4) is 0 Å². The van der Waals surface area contributed by atoms with Gasteiger partial charge in [-0.15, -0.1) is 0 Å². The number of rotatable bonds is 11. The second-order valence-electron chi connectivity index (χ2n) is 10.8. The van der Waals surface area contributed by atoms with Gasteiger partial charge in [-0.25, -0.2) is 9.37 Å². The molecule has 7 nitrogen and oxygen atoms in total. The lowest BCUT2D eigenvalue weighted by Crippen LogP contribution is -2.50. The number of aromatic nitrogens is 1. The average Bonchev–Trinajstić information content (AvgIpc) is 3.51. The summed E-state index contributed by atoms with van der Waals surface area (Å²) in [5.74, 6) is -0.322. The molecule has 1 aliphatic carbocycles. The summed E-state index contributed by atoms with van der Waals surface area (Å²) in [7, 11) is 0. The number of halogens is 2. The number of ether oxygens (including phenoxy) is 1. The van der Waals surface area contributed by atoms with Crippen molar-refractivity contribution in [3.05, 3.63) is 52.8 Å². The molecule has 0 spiro atoms. The first kappa shape index (κ1) is 28.6. The summed E-state index contributed by atoms with van der Waals surface area (Å²) in [6, 6.07) is 9.39. The van der Waals surface area contributed by atoms with Gasteiger partial charge in [-0.2, -0.15) is 0 Å². The number of hydrogen-bond acceptors (Lipinski definition) is 7. The summed E-state index contributed by atoms with van der Waals surface area (Å²) in [5.41, 5.74) is 2.71. The van der Waals surface area contributed by atoms with E-state index in [0.717, 1.165) is 40.7 Å². The van der Waals surface area contributed by atoms with E-state index in [1.807, 2.05) is 18.2 Å². The Morgan fingerprint density at radius 3 is 2.83 bits per heavy atom. The van der Waals surface area contributed by atoms with E-state index in [2.05, 4.69) is 15.5 Å². The topological polar surface area (TPSA) is 83.6 Å². The van der Waals surface area contributed by atoms with E-state index < -0.39 is 12.1 Å². The van der Waals surface area contributed by atoms with Gasteiger partial charge in [0.2, 0.25) is 5.91 Å². The fourth-order valence-electron chi connectivity index (χ4n) is 5.88. The van der Waals surface area contributed by atoms with E-state index in [1.54, 1.807) is 19.1 Å². The van der Waals surface area contributed by atoms with Crippen LogP contribution in [0.3, 0.4) is 0 Å². The Balaban J connectivity index is 1.34. The first-order chi connectivity index (χ1) is 19.4. The number of carbonyl (C=O) groups excluding carboxylic acids is 2. The maximum absolute atomic E-state index is 13.9. The number of nitrogens with one attached hydrogen (secondary N) is 2. The Labute approximate surface area is 243 Å². The van der Waals surface area contributed by atoms with Crippen LogP contribution >= 0.6 is 22.9 Å². The zero-order valence-corrected chi connectivity index (χ0v) is 24.3. The lowest BCUT2D eigenvalue weighted by Gasteiger charge is -2.30. The molecule has 2 aromatic carbocycles. The van der Waals surface area contributed by atoms with Crippen LogP contribution in [0.25, 0.3) is 10.2 Å². The lowest BCUT2D eigenvalue weighted by molar-refractivity contribution is -0.143. The minimum atomic E-state index is -0.496. The fraction of sp³-hybridized carbons (Fsp3) is 0.500. The van der Waals surface area contributed by atoms with Crippen LogP contribution in [0.1, 0.15) is 57.4 Å². The molecule has 5 rings (SSSR count). The molecule has 2 heterocycles. The second-order valence-corrected chi connectivity index (χ2v) is 12.2. The molecule has 0 unspecified atom stereocenters. The molecule has 0 saturated heterocycles. The van der Waals surface area contributed by atoms with Crippen LogP contribution in [0, 0.1) is 11.7 Å². The third kappa shape index (κ3) is 7.23. The van der Waals surface area contributed by atoms with Gasteiger partial charge in [-0.1, -0.05) is 55.0 Å². The van der Waals surface area contributed by atoms with Crippen molar-refractivity contribution < 1.29 is 18.7 Å². The second kappa shape index (κ2) is 13.2. The molecule has 1 fully saturated rings. The predicted octanol–water partition coefficient (Wildman–Crippen LogP) is 6.34. The van der Waals surface area contributed by atoms with Crippen molar-refractivity contribution in [2.75, 3.05) is 29.9 Å². The summed E-state index contributed by atoms with van der Waals surface area (Å²) >= 11 is 7.65. The molecule has 1 amide bonds. The van der Waals surface area contributed by atoms with Gasteiger partial charge in [0.25, 0.3) is 0 Å². The molecule has 1 aromatic heterocycles. The van der Waals surface area contributed by atoms with E-state index in [4.69, 9.17) is 21.3 Å². The Kier molecular flexibility index (Phi) is 9.42. The quantitative estimate of drug-likeness (QED) is 0.255. The van der Waals surface area contributed by atoms with Crippen LogP contribution in [0.4, 0.5) is 15.2 Å². The van der Waals surface area contributed by atoms with Crippen molar-refractivity contribution in [2.45, 2.75) is 70.4 Å². The van der Waals surface area contributed by atoms with Crippen molar-refractivity contribution in [3.63, 3.8) is 0 Å². The number of thiazole rings is 1. The number of esters is 1. The van der Waals surface area contributed by atoms with Gasteiger partial charge in [0, 0.05) is 23.8 Å². The fourth-order valence-corrected chi connectivity index (χ4v) is 7.07. The lowest BCUT2D eigenvalue weighted by atomic mass is 9.84. The highest BCUT2D eigenvalue weighted by Crippen LogP contribution is 2.32. The largest absolute Gasteiger partial charge is 0.466 e. The van der Waals surface area contributed by atoms with Crippen molar-refractivity contribution in [1.29, 1.82) is 0 Å². The average molecular weight is 587 g/mol. The highest BCUT2D eigenvalue weighted by atomic mass is 35.5. The number of nitrogens with zero attached hydrogens (tertiary/aromatic N) is 2. The molecule has 10 heteroatoms. The third-order valence-corrected chi connectivity index (χ3v) is 8.98. The summed E-state index contributed by atoms with van der Waals surface area (Å²) < 4.78 is 20.0. The monoisotopic (exact) mass is 586 g/mol. The van der Waals surface area contributed by atoms with Gasteiger partial charge in [0.05, 0.1) is 29.3 Å². The van der Waals surface area contributed by atoms with Crippen LogP contribution in [-0.2, 0) is 20.7 Å². The molecule has 214 valence electrons. The van der Waals surface area contributed by atoms with Gasteiger partial charge in [0.1, 0.15) is 11.9 Å². The highest BCUT2D eigenvalue weighted by molar-refractivity contribution is 7.22. The first-order valence-corrected chi connectivity index (χ1v) is 15.4. The van der Waals surface area contributed by atoms with Crippen molar-refractivity contribution in [2.24, 2.45) is 5.92 Å². The minimum absolute atomic E-state index is 0.0579. The molecule has 1 saturated carbocycles. The predicted molar refractivity (Wildman–Crippen MR) is 159 cm³/mol. The highest BCUT2D eigenvalue weighted by Gasteiger charge is 2.30. The summed E-state index contributed by atoms with van der Waals surface area (Å²) in [5, 5.41) is 7.90. The van der Waals surface area contributed by atoms with Crippen LogP contribution in [0.5, 0.6) is 0 Å². The first-order valence-electron chi connectivity index (χ1n) is 14.2. The van der Waals surface area contributed by atoms with Gasteiger partial charge >= 0.3 is 5.97 Å². The zero-order chi connectivity index (χ0) is 28.1. The third-order valence-electron chi connectivity index (χ3n) is 7.80. The number of benzene rings is 2. The standard InChI is InChI=1S/C30H36ClFN4O3S/c1-2-39-28(37)17-23(18-36-13-12-20-15-22(32)9-11-26(20)36)33-29(38)25(14-19-6-4-3-5-7-19)35-30-34-24-10-8-21(31)16-27(24)40-30/h8-11,15-16,19,23,25H,2-7,12-14,17-18H2,1H3,(H,33,38)(H,34,35)/t23-,25-/m0/s1. The molecule has 3 aromatic rings. The minimum Gasteiger partial charge on any atom is -0.466 e. The molecule has 2 atom stereocenters. The molecule has 2 aliphatic rings. The smallest absolute Gasteiger partial charge is 0.307 e. The summed E-state index contributed by atoms with van der Waals surface area (Å²) in [6.45, 7) is 3.18. The van der Waals surface area contributed by atoms with Crippen molar-refractivity contribution >= 4 is 55.8 Å². The Bertz CT molecular complexity index is 1350. The molecule has 1 aliphatic heterocycles. The summed E-state index contributed by atoms with van der Waals surface area (Å²) in [6.07, 6.45) is 7.28. The van der Waals surface area contributed by atoms with Crippen LogP contribution in [0.2, 0.25) is 5.02 Å². The zero-order valence-electron chi connectivity index (χ0n) is 22.8. The molecular formula is C30H36ClFN4O3S. The Morgan fingerprint density at radius 1 is 1.20 bits per heavy atom. The van der Waals surface area contributed by atoms with Gasteiger partial charge in [-0.3, -0.25) is 9.59 Å². The van der Waals surface area contributed by atoms with Crippen LogP contribution in [-0.4, -0.2) is 48.6 Å². The number of fused-ring (bicyclic) bond motifs is 2. The number of carbonyl (C=O) groups is 2. The summed E-state index contributed by atoms with van der Waals surface area (Å²) in [4.78, 5) is 33.2. The van der Waals surface area contributed by atoms with Crippen LogP contribution < -0.4 is 15.5 Å². The van der Waals surface area contributed by atoms with E-state index >= 15 is 0 Å². The molecule has 0 radical (unpaired) electrons. The SMILES string of the molecule is CCOC(=O)C[C@@H](CN1CCc2cc(F)ccc21)NC(=O)[C@H](CC1CCCCC1)Nc1nc2ccc(Cl)cc2s1.